The molecule has 0 spiro atoms. The minimum Gasteiger partial charge on any atom is -0.341 e. The number of nitrogens with zero attached hydrogens (tertiary/aromatic N) is 2. The predicted molar refractivity (Wildman–Crippen MR) is 85.5 cm³/mol. The van der Waals surface area contributed by atoms with Crippen molar-refractivity contribution in [3.63, 3.8) is 0 Å². The molecule has 1 aromatic carbocycles. The standard InChI is InChI=1S/C15H16ClN3S/c1-2-17-6-11-7-19(8-13-9-20-10-18-13)15-5-12(16)3-4-14(11)15/h3-5,7,9-10,17H,2,6,8H2,1H3. The lowest BCUT2D eigenvalue weighted by molar-refractivity contribution is 0.723. The van der Waals surface area contributed by atoms with Crippen LogP contribution in [-0.2, 0) is 13.1 Å². The normalized spacial score (nSPS) is 11.3. The number of hydrogen-bond donors (Lipinski definition) is 1. The lowest BCUT2D eigenvalue weighted by Gasteiger charge is -2.02. The van der Waals surface area contributed by atoms with Gasteiger partial charge in [0.1, 0.15) is 0 Å². The van der Waals surface area contributed by atoms with Crippen LogP contribution in [-0.4, -0.2) is 16.1 Å². The third-order valence-corrected chi connectivity index (χ3v) is 4.18. The van der Waals surface area contributed by atoms with Crippen molar-refractivity contribution >= 4 is 33.8 Å². The summed E-state index contributed by atoms with van der Waals surface area (Å²) in [4.78, 5) is 4.36. The molecule has 0 saturated heterocycles. The summed E-state index contributed by atoms with van der Waals surface area (Å²) in [5.74, 6) is 0. The molecule has 1 N–H and O–H groups in total. The maximum Gasteiger partial charge on any atom is 0.0795 e. The van der Waals surface area contributed by atoms with Crippen LogP contribution in [0.3, 0.4) is 0 Å². The summed E-state index contributed by atoms with van der Waals surface area (Å²) in [6.07, 6.45) is 2.20. The average Bonchev–Trinajstić information content (AvgIpc) is 3.06. The second-order valence-corrected chi connectivity index (χ2v) is 5.86. The Balaban J connectivity index is 2.03. The Morgan fingerprint density at radius 3 is 3.05 bits per heavy atom. The first-order valence-electron chi connectivity index (χ1n) is 6.63. The second kappa shape index (κ2) is 5.95. The monoisotopic (exact) mass is 305 g/mol. The van der Waals surface area contributed by atoms with Gasteiger partial charge in [0.15, 0.2) is 0 Å². The van der Waals surface area contributed by atoms with Crippen LogP contribution in [0.25, 0.3) is 10.9 Å². The topological polar surface area (TPSA) is 29.9 Å². The van der Waals surface area contributed by atoms with E-state index < -0.39 is 0 Å². The number of halogens is 1. The van der Waals surface area contributed by atoms with Gasteiger partial charge in [-0.1, -0.05) is 24.6 Å². The molecule has 2 aromatic heterocycles. The summed E-state index contributed by atoms with van der Waals surface area (Å²) in [7, 11) is 0. The maximum absolute atomic E-state index is 6.14. The van der Waals surface area contributed by atoms with Crippen molar-refractivity contribution in [2.24, 2.45) is 0 Å². The van der Waals surface area contributed by atoms with Gasteiger partial charge >= 0.3 is 0 Å². The summed E-state index contributed by atoms with van der Waals surface area (Å²) in [5, 5.41) is 7.49. The lowest BCUT2D eigenvalue weighted by atomic mass is 10.2. The second-order valence-electron chi connectivity index (χ2n) is 4.70. The molecule has 104 valence electrons. The van der Waals surface area contributed by atoms with Crippen LogP contribution in [0.4, 0.5) is 0 Å². The molecular formula is C15H16ClN3S. The first-order chi connectivity index (χ1) is 9.78. The largest absolute Gasteiger partial charge is 0.341 e. The molecule has 3 rings (SSSR count). The van der Waals surface area contributed by atoms with Crippen molar-refractivity contribution in [3.05, 3.63) is 51.6 Å². The van der Waals surface area contributed by atoms with Crippen LogP contribution in [0.5, 0.6) is 0 Å². The molecule has 0 aliphatic carbocycles. The van der Waals surface area contributed by atoms with Crippen molar-refractivity contribution in [1.82, 2.24) is 14.9 Å². The van der Waals surface area contributed by atoms with Crippen LogP contribution in [0.15, 0.2) is 35.3 Å². The molecule has 20 heavy (non-hydrogen) atoms. The quantitative estimate of drug-likeness (QED) is 0.774. The van der Waals surface area contributed by atoms with Crippen molar-refractivity contribution < 1.29 is 0 Å². The Kier molecular flexibility index (Phi) is 4.05. The Bertz CT molecular complexity index is 703. The number of aromatic nitrogens is 2. The summed E-state index contributed by atoms with van der Waals surface area (Å²) in [6, 6.07) is 6.08. The van der Waals surface area contributed by atoms with E-state index in [0.29, 0.717) is 0 Å². The lowest BCUT2D eigenvalue weighted by Crippen LogP contribution is -2.11. The molecule has 0 saturated carbocycles. The molecule has 0 aliphatic heterocycles. The van der Waals surface area contributed by atoms with Gasteiger partial charge in [-0.05, 0) is 24.2 Å². The molecule has 0 fully saturated rings. The van der Waals surface area contributed by atoms with Crippen LogP contribution < -0.4 is 5.32 Å². The number of rotatable bonds is 5. The van der Waals surface area contributed by atoms with E-state index >= 15 is 0 Å². The molecule has 0 bridgehead atoms. The molecule has 0 amide bonds. The molecular weight excluding hydrogens is 290 g/mol. The minimum absolute atomic E-state index is 0.769. The van der Waals surface area contributed by atoms with Gasteiger partial charge in [0, 0.05) is 28.5 Å². The average molecular weight is 306 g/mol. The first-order valence-corrected chi connectivity index (χ1v) is 7.95. The third kappa shape index (κ3) is 2.73. The Morgan fingerprint density at radius 1 is 1.40 bits per heavy atom. The number of thiazole rings is 1. The van der Waals surface area contributed by atoms with Crippen molar-refractivity contribution in [3.8, 4) is 0 Å². The van der Waals surface area contributed by atoms with E-state index in [0.717, 1.165) is 30.4 Å². The summed E-state index contributed by atoms with van der Waals surface area (Å²) in [6.45, 7) is 4.74. The van der Waals surface area contributed by atoms with Gasteiger partial charge in [-0.2, -0.15) is 0 Å². The van der Waals surface area contributed by atoms with Gasteiger partial charge in [0.05, 0.1) is 23.3 Å². The highest BCUT2D eigenvalue weighted by molar-refractivity contribution is 7.07. The van der Waals surface area contributed by atoms with E-state index in [1.54, 1.807) is 11.3 Å². The van der Waals surface area contributed by atoms with E-state index in [4.69, 9.17) is 11.6 Å². The van der Waals surface area contributed by atoms with E-state index in [2.05, 4.69) is 39.4 Å². The maximum atomic E-state index is 6.14. The van der Waals surface area contributed by atoms with Crippen LogP contribution in [0.2, 0.25) is 5.02 Å². The van der Waals surface area contributed by atoms with E-state index in [1.807, 2.05) is 17.6 Å². The fourth-order valence-electron chi connectivity index (χ4n) is 2.36. The highest BCUT2D eigenvalue weighted by Gasteiger charge is 2.09. The summed E-state index contributed by atoms with van der Waals surface area (Å²) < 4.78 is 2.23. The van der Waals surface area contributed by atoms with Gasteiger partial charge in [0.25, 0.3) is 0 Å². The molecule has 3 nitrogen and oxygen atoms in total. The zero-order valence-corrected chi connectivity index (χ0v) is 12.8. The predicted octanol–water partition coefficient (Wildman–Crippen LogP) is 3.91. The highest BCUT2D eigenvalue weighted by Crippen LogP contribution is 2.25. The minimum atomic E-state index is 0.769. The molecule has 0 atom stereocenters. The SMILES string of the molecule is CCNCc1cn(Cc2cscn2)c2cc(Cl)ccc12. The smallest absolute Gasteiger partial charge is 0.0795 e. The Hall–Kier alpha value is -1.36. The van der Waals surface area contributed by atoms with Crippen molar-refractivity contribution in [2.45, 2.75) is 20.0 Å². The first kappa shape index (κ1) is 13.6. The van der Waals surface area contributed by atoms with Gasteiger partial charge < -0.3 is 9.88 Å². The Labute approximate surface area is 127 Å². The molecule has 0 unspecified atom stereocenters. The Morgan fingerprint density at radius 2 is 2.30 bits per heavy atom. The number of nitrogens with one attached hydrogen (secondary N) is 1. The third-order valence-electron chi connectivity index (χ3n) is 3.31. The van der Waals surface area contributed by atoms with E-state index in [1.165, 1.54) is 16.5 Å². The van der Waals surface area contributed by atoms with Crippen molar-refractivity contribution in [2.75, 3.05) is 6.54 Å². The van der Waals surface area contributed by atoms with Crippen LogP contribution in [0, 0.1) is 0 Å². The van der Waals surface area contributed by atoms with Gasteiger partial charge in [0.2, 0.25) is 0 Å². The van der Waals surface area contributed by atoms with Gasteiger partial charge in [-0.3, -0.25) is 0 Å². The summed E-state index contributed by atoms with van der Waals surface area (Å²) in [5.41, 5.74) is 5.42. The zero-order chi connectivity index (χ0) is 13.9. The molecule has 2 heterocycles. The molecule has 0 radical (unpaired) electrons. The fourth-order valence-corrected chi connectivity index (χ4v) is 3.08. The summed E-state index contributed by atoms with van der Waals surface area (Å²) >= 11 is 7.77. The number of benzene rings is 1. The molecule has 3 aromatic rings. The van der Waals surface area contributed by atoms with Crippen LogP contribution >= 0.6 is 22.9 Å². The molecule has 5 heteroatoms. The van der Waals surface area contributed by atoms with Gasteiger partial charge in [-0.15, -0.1) is 11.3 Å². The van der Waals surface area contributed by atoms with Crippen LogP contribution in [0.1, 0.15) is 18.2 Å². The van der Waals surface area contributed by atoms with E-state index in [-0.39, 0.29) is 0 Å². The van der Waals surface area contributed by atoms with Gasteiger partial charge in [-0.25, -0.2) is 4.98 Å². The number of fused-ring (bicyclic) bond motifs is 1. The fraction of sp³-hybridized carbons (Fsp3) is 0.267. The highest BCUT2D eigenvalue weighted by atomic mass is 35.5. The van der Waals surface area contributed by atoms with E-state index in [9.17, 15) is 0 Å². The zero-order valence-electron chi connectivity index (χ0n) is 11.3. The van der Waals surface area contributed by atoms with Crippen molar-refractivity contribution in [1.29, 1.82) is 0 Å². The number of hydrogen-bond acceptors (Lipinski definition) is 3. The molecule has 0 aliphatic rings.